The number of carbonyl (C=O) groups excluding carboxylic acids is 1. The first-order chi connectivity index (χ1) is 10.6. The second-order valence-electron chi connectivity index (χ2n) is 4.79. The molecule has 0 aliphatic rings. The van der Waals surface area contributed by atoms with E-state index < -0.39 is 0 Å². The van der Waals surface area contributed by atoms with E-state index in [1.807, 2.05) is 13.0 Å². The maximum atomic E-state index is 12.3. The van der Waals surface area contributed by atoms with Crippen LogP contribution in [-0.4, -0.2) is 20.4 Å². The molecule has 3 aromatic rings. The molecule has 1 amide bonds. The van der Waals surface area contributed by atoms with Gasteiger partial charge in [-0.15, -0.1) is 0 Å². The normalized spacial score (nSPS) is 10.5. The monoisotopic (exact) mass is 312 g/mol. The van der Waals surface area contributed by atoms with Crippen LogP contribution in [0.1, 0.15) is 15.9 Å². The number of amides is 1. The highest BCUT2D eigenvalue weighted by molar-refractivity contribution is 6.31. The molecule has 6 heteroatoms. The summed E-state index contributed by atoms with van der Waals surface area (Å²) in [4.78, 5) is 20.5. The fourth-order valence-electron chi connectivity index (χ4n) is 1.99. The van der Waals surface area contributed by atoms with Gasteiger partial charge in [-0.25, -0.2) is 9.97 Å². The lowest BCUT2D eigenvalue weighted by atomic mass is 10.2. The van der Waals surface area contributed by atoms with Crippen LogP contribution in [0.15, 0.2) is 55.2 Å². The number of anilines is 1. The highest BCUT2D eigenvalue weighted by Gasteiger charge is 2.09. The molecule has 0 aliphatic carbocycles. The molecule has 0 bridgehead atoms. The SMILES string of the molecule is Cc1ccc(Cl)cc1NC(=O)c1ccc(-n2ccnc2)nc1. The van der Waals surface area contributed by atoms with Gasteiger partial charge in [0, 0.05) is 29.3 Å². The molecule has 0 aliphatic heterocycles. The molecule has 2 heterocycles. The van der Waals surface area contributed by atoms with Crippen molar-refractivity contribution < 1.29 is 4.79 Å². The highest BCUT2D eigenvalue weighted by Crippen LogP contribution is 2.20. The third-order valence-corrected chi connectivity index (χ3v) is 3.46. The van der Waals surface area contributed by atoms with Crippen LogP contribution in [-0.2, 0) is 0 Å². The Labute approximate surface area is 132 Å². The van der Waals surface area contributed by atoms with Gasteiger partial charge in [0.1, 0.15) is 12.1 Å². The summed E-state index contributed by atoms with van der Waals surface area (Å²) in [6.45, 7) is 1.91. The van der Waals surface area contributed by atoms with Crippen LogP contribution in [0.25, 0.3) is 5.82 Å². The van der Waals surface area contributed by atoms with Crippen molar-refractivity contribution in [2.45, 2.75) is 6.92 Å². The van der Waals surface area contributed by atoms with Crippen molar-refractivity contribution in [2.75, 3.05) is 5.32 Å². The van der Waals surface area contributed by atoms with Gasteiger partial charge >= 0.3 is 0 Å². The van der Waals surface area contributed by atoms with E-state index >= 15 is 0 Å². The summed E-state index contributed by atoms with van der Waals surface area (Å²) in [6.07, 6.45) is 6.64. The number of imidazole rings is 1. The van der Waals surface area contributed by atoms with Crippen LogP contribution >= 0.6 is 11.6 Å². The van der Waals surface area contributed by atoms with Gasteiger partial charge < -0.3 is 5.32 Å². The van der Waals surface area contributed by atoms with E-state index in [0.717, 1.165) is 5.56 Å². The van der Waals surface area contributed by atoms with Crippen LogP contribution in [0.4, 0.5) is 5.69 Å². The van der Waals surface area contributed by atoms with Crippen molar-refractivity contribution in [1.29, 1.82) is 0 Å². The van der Waals surface area contributed by atoms with E-state index in [2.05, 4.69) is 15.3 Å². The summed E-state index contributed by atoms with van der Waals surface area (Å²) in [5.74, 6) is 0.475. The third kappa shape index (κ3) is 2.99. The number of benzene rings is 1. The van der Waals surface area contributed by atoms with Crippen molar-refractivity contribution >= 4 is 23.2 Å². The van der Waals surface area contributed by atoms with Gasteiger partial charge in [-0.1, -0.05) is 17.7 Å². The van der Waals surface area contributed by atoms with E-state index in [1.54, 1.807) is 47.6 Å². The molecule has 0 unspecified atom stereocenters. The van der Waals surface area contributed by atoms with E-state index in [9.17, 15) is 4.79 Å². The Morgan fingerprint density at radius 2 is 2.14 bits per heavy atom. The van der Waals surface area contributed by atoms with Crippen molar-refractivity contribution in [3.05, 3.63) is 71.4 Å². The van der Waals surface area contributed by atoms with Crippen LogP contribution in [0.3, 0.4) is 0 Å². The number of halogens is 1. The minimum absolute atomic E-state index is 0.227. The Hall–Kier alpha value is -2.66. The Morgan fingerprint density at radius 3 is 2.82 bits per heavy atom. The zero-order valence-electron chi connectivity index (χ0n) is 11.8. The van der Waals surface area contributed by atoms with Gasteiger partial charge in [0.25, 0.3) is 5.91 Å². The first-order valence-corrected chi connectivity index (χ1v) is 7.03. The quantitative estimate of drug-likeness (QED) is 0.805. The summed E-state index contributed by atoms with van der Waals surface area (Å²) in [5, 5.41) is 3.42. The molecule has 0 saturated heterocycles. The number of carbonyl (C=O) groups is 1. The fraction of sp³-hybridized carbons (Fsp3) is 0.0625. The van der Waals surface area contributed by atoms with Crippen molar-refractivity contribution in [1.82, 2.24) is 14.5 Å². The van der Waals surface area contributed by atoms with E-state index in [-0.39, 0.29) is 5.91 Å². The van der Waals surface area contributed by atoms with E-state index in [4.69, 9.17) is 11.6 Å². The average molecular weight is 313 g/mol. The van der Waals surface area contributed by atoms with Crippen molar-refractivity contribution in [3.8, 4) is 5.82 Å². The molecule has 110 valence electrons. The molecule has 0 fully saturated rings. The Balaban J connectivity index is 1.79. The van der Waals surface area contributed by atoms with Gasteiger partial charge in [0.15, 0.2) is 0 Å². The van der Waals surface area contributed by atoms with Crippen LogP contribution in [0.2, 0.25) is 5.02 Å². The smallest absolute Gasteiger partial charge is 0.257 e. The van der Waals surface area contributed by atoms with Crippen molar-refractivity contribution in [2.24, 2.45) is 0 Å². The molecular weight excluding hydrogens is 300 g/mol. The molecule has 2 aromatic heterocycles. The first-order valence-electron chi connectivity index (χ1n) is 6.65. The second kappa shape index (κ2) is 5.99. The molecular formula is C16H13ClN4O. The lowest BCUT2D eigenvalue weighted by Gasteiger charge is -2.09. The molecule has 3 rings (SSSR count). The average Bonchev–Trinajstić information content (AvgIpc) is 3.05. The summed E-state index contributed by atoms with van der Waals surface area (Å²) in [5.41, 5.74) is 2.11. The zero-order valence-corrected chi connectivity index (χ0v) is 12.6. The van der Waals surface area contributed by atoms with Gasteiger partial charge in [-0.05, 0) is 36.8 Å². The molecule has 0 atom stereocenters. The van der Waals surface area contributed by atoms with Gasteiger partial charge in [0.2, 0.25) is 0 Å². The predicted molar refractivity (Wildman–Crippen MR) is 85.5 cm³/mol. The minimum Gasteiger partial charge on any atom is -0.322 e. The number of hydrogen-bond acceptors (Lipinski definition) is 3. The van der Waals surface area contributed by atoms with Crippen LogP contribution in [0, 0.1) is 6.92 Å². The second-order valence-corrected chi connectivity index (χ2v) is 5.22. The maximum Gasteiger partial charge on any atom is 0.257 e. The number of pyridine rings is 1. The molecule has 0 spiro atoms. The number of nitrogens with zero attached hydrogens (tertiary/aromatic N) is 3. The topological polar surface area (TPSA) is 59.8 Å². The molecule has 1 N–H and O–H groups in total. The minimum atomic E-state index is -0.227. The first kappa shape index (κ1) is 14.3. The summed E-state index contributed by atoms with van der Waals surface area (Å²) in [7, 11) is 0. The molecule has 0 radical (unpaired) electrons. The number of hydrogen-bond donors (Lipinski definition) is 1. The predicted octanol–water partition coefficient (Wildman–Crippen LogP) is 3.48. The number of aromatic nitrogens is 3. The Kier molecular flexibility index (Phi) is 3.89. The Morgan fingerprint density at radius 1 is 1.27 bits per heavy atom. The number of nitrogens with one attached hydrogen (secondary N) is 1. The van der Waals surface area contributed by atoms with E-state index in [0.29, 0.717) is 22.1 Å². The molecule has 1 aromatic carbocycles. The lowest BCUT2D eigenvalue weighted by molar-refractivity contribution is 0.102. The lowest BCUT2D eigenvalue weighted by Crippen LogP contribution is -2.13. The highest BCUT2D eigenvalue weighted by atomic mass is 35.5. The largest absolute Gasteiger partial charge is 0.322 e. The standard InChI is InChI=1S/C16H13ClN4O/c1-11-2-4-13(17)8-14(11)20-16(22)12-3-5-15(19-9-12)21-7-6-18-10-21/h2-10H,1H3,(H,20,22). The van der Waals surface area contributed by atoms with Gasteiger partial charge in [-0.3, -0.25) is 9.36 Å². The molecule has 5 nitrogen and oxygen atoms in total. The van der Waals surface area contributed by atoms with Gasteiger partial charge in [-0.2, -0.15) is 0 Å². The number of aryl methyl sites for hydroxylation is 1. The zero-order chi connectivity index (χ0) is 15.5. The molecule has 0 saturated carbocycles. The van der Waals surface area contributed by atoms with Crippen LogP contribution in [0.5, 0.6) is 0 Å². The summed E-state index contributed by atoms with van der Waals surface area (Å²) < 4.78 is 1.77. The maximum absolute atomic E-state index is 12.3. The molecule has 22 heavy (non-hydrogen) atoms. The number of rotatable bonds is 3. The van der Waals surface area contributed by atoms with Crippen molar-refractivity contribution in [3.63, 3.8) is 0 Å². The Bertz CT molecular complexity index is 798. The third-order valence-electron chi connectivity index (χ3n) is 3.23. The van der Waals surface area contributed by atoms with E-state index in [1.165, 1.54) is 6.20 Å². The fourth-order valence-corrected chi connectivity index (χ4v) is 2.16. The summed E-state index contributed by atoms with van der Waals surface area (Å²) in [6, 6.07) is 8.85. The van der Waals surface area contributed by atoms with Gasteiger partial charge in [0.05, 0.1) is 5.56 Å². The summed E-state index contributed by atoms with van der Waals surface area (Å²) >= 11 is 5.95. The van der Waals surface area contributed by atoms with Crippen LogP contribution < -0.4 is 5.32 Å².